The molecule has 1 fully saturated rings. The predicted molar refractivity (Wildman–Crippen MR) is 89.5 cm³/mol. The minimum atomic E-state index is -0.0189. The molecule has 21 heavy (non-hydrogen) atoms. The molecule has 2 aromatic rings. The van der Waals surface area contributed by atoms with E-state index in [9.17, 15) is 4.79 Å². The number of thiophene rings is 1. The third-order valence-electron chi connectivity index (χ3n) is 3.43. The number of hydrogen-bond acceptors (Lipinski definition) is 2. The molecular weight excluding hydrogens is 302 g/mol. The summed E-state index contributed by atoms with van der Waals surface area (Å²) in [7, 11) is 0. The van der Waals surface area contributed by atoms with Gasteiger partial charge in [0.15, 0.2) is 0 Å². The molecule has 1 saturated carbocycles. The lowest BCUT2D eigenvalue weighted by molar-refractivity contribution is -0.116. The van der Waals surface area contributed by atoms with Gasteiger partial charge in [-0.3, -0.25) is 4.79 Å². The fourth-order valence-electron chi connectivity index (χ4n) is 2.03. The molecule has 0 unspecified atom stereocenters. The van der Waals surface area contributed by atoms with Crippen molar-refractivity contribution in [3.8, 4) is 10.4 Å². The predicted octanol–water partition coefficient (Wildman–Crippen LogP) is 4.61. The van der Waals surface area contributed by atoms with Gasteiger partial charge in [-0.1, -0.05) is 29.8 Å². The van der Waals surface area contributed by atoms with Gasteiger partial charge in [0.2, 0.25) is 5.91 Å². The fourth-order valence-corrected chi connectivity index (χ4v) is 3.28. The summed E-state index contributed by atoms with van der Waals surface area (Å²) in [5.41, 5.74) is 1.03. The third-order valence-corrected chi connectivity index (χ3v) is 4.84. The average Bonchev–Trinajstić information content (AvgIpc) is 3.20. The van der Waals surface area contributed by atoms with Crippen LogP contribution < -0.4 is 5.32 Å². The van der Waals surface area contributed by atoms with Gasteiger partial charge in [-0.05, 0) is 43.0 Å². The molecule has 1 N–H and O–H groups in total. The molecule has 1 aliphatic carbocycles. The van der Waals surface area contributed by atoms with Gasteiger partial charge in [0.05, 0.1) is 0 Å². The Hall–Kier alpha value is -1.58. The van der Waals surface area contributed by atoms with Crippen LogP contribution in [0.25, 0.3) is 16.5 Å². The lowest BCUT2D eigenvalue weighted by atomic mass is 10.2. The molecule has 0 bridgehead atoms. The van der Waals surface area contributed by atoms with E-state index < -0.39 is 0 Å². The smallest absolute Gasteiger partial charge is 0.244 e. The number of halogens is 1. The van der Waals surface area contributed by atoms with Crippen molar-refractivity contribution >= 4 is 34.9 Å². The number of benzene rings is 1. The van der Waals surface area contributed by atoms with Gasteiger partial charge in [-0.25, -0.2) is 0 Å². The zero-order valence-electron chi connectivity index (χ0n) is 11.5. The van der Waals surface area contributed by atoms with Crippen molar-refractivity contribution in [3.63, 3.8) is 0 Å². The lowest BCUT2D eigenvalue weighted by Gasteiger charge is -1.99. The zero-order valence-corrected chi connectivity index (χ0v) is 13.1. The summed E-state index contributed by atoms with van der Waals surface area (Å²) >= 11 is 7.82. The summed E-state index contributed by atoms with van der Waals surface area (Å²) in [6.45, 7) is 0.804. The van der Waals surface area contributed by atoms with Gasteiger partial charge in [0.1, 0.15) is 0 Å². The van der Waals surface area contributed by atoms with Crippen molar-refractivity contribution in [1.82, 2.24) is 5.32 Å². The Morgan fingerprint density at radius 1 is 1.29 bits per heavy atom. The number of amides is 1. The van der Waals surface area contributed by atoms with Gasteiger partial charge < -0.3 is 5.32 Å². The SMILES string of the molecule is O=C(/C=C\c1ccc(-c2ccccc2Cl)s1)NCC1CC1. The first-order chi connectivity index (χ1) is 10.2. The molecule has 2 nitrogen and oxygen atoms in total. The van der Waals surface area contributed by atoms with Crippen LogP contribution in [0, 0.1) is 5.92 Å². The van der Waals surface area contributed by atoms with Crippen molar-refractivity contribution in [2.75, 3.05) is 6.54 Å². The van der Waals surface area contributed by atoms with E-state index in [1.54, 1.807) is 17.4 Å². The summed E-state index contributed by atoms with van der Waals surface area (Å²) in [5.74, 6) is 0.686. The molecule has 1 aromatic heterocycles. The van der Waals surface area contributed by atoms with E-state index in [0.29, 0.717) is 5.92 Å². The van der Waals surface area contributed by atoms with E-state index in [0.717, 1.165) is 26.9 Å². The summed E-state index contributed by atoms with van der Waals surface area (Å²) in [6.07, 6.45) is 5.95. The second kappa shape index (κ2) is 6.46. The molecule has 1 amide bonds. The number of nitrogens with one attached hydrogen (secondary N) is 1. The van der Waals surface area contributed by atoms with Crippen molar-refractivity contribution < 1.29 is 4.79 Å². The Labute approximate surface area is 133 Å². The molecule has 0 spiro atoms. The van der Waals surface area contributed by atoms with E-state index in [4.69, 9.17) is 11.6 Å². The maximum absolute atomic E-state index is 11.7. The molecule has 0 aliphatic heterocycles. The first kappa shape index (κ1) is 14.4. The molecule has 4 heteroatoms. The molecule has 0 radical (unpaired) electrons. The number of hydrogen-bond donors (Lipinski definition) is 1. The van der Waals surface area contributed by atoms with Crippen LogP contribution in [0.5, 0.6) is 0 Å². The van der Waals surface area contributed by atoms with Crippen molar-refractivity contribution in [1.29, 1.82) is 0 Å². The normalized spacial score (nSPS) is 14.5. The minimum absolute atomic E-state index is 0.0189. The van der Waals surface area contributed by atoms with E-state index in [-0.39, 0.29) is 5.91 Å². The number of carbonyl (C=O) groups excluding carboxylic acids is 1. The van der Waals surface area contributed by atoms with Crippen LogP contribution in [0.1, 0.15) is 17.7 Å². The third kappa shape index (κ3) is 3.96. The standard InChI is InChI=1S/C17H16ClNOS/c18-15-4-2-1-3-14(15)16-9-7-13(21-16)8-10-17(20)19-11-12-5-6-12/h1-4,7-10,12H,5-6,11H2,(H,19,20)/b10-8-. The molecule has 1 aliphatic rings. The molecule has 3 rings (SSSR count). The van der Waals surface area contributed by atoms with Gasteiger partial charge in [-0.15, -0.1) is 11.3 Å². The second-order valence-electron chi connectivity index (χ2n) is 5.20. The van der Waals surface area contributed by atoms with Gasteiger partial charge in [-0.2, -0.15) is 0 Å². The van der Waals surface area contributed by atoms with Crippen molar-refractivity contribution in [2.24, 2.45) is 5.92 Å². The highest BCUT2D eigenvalue weighted by atomic mass is 35.5. The molecule has 1 heterocycles. The van der Waals surface area contributed by atoms with Crippen LogP contribution in [0.15, 0.2) is 42.5 Å². The minimum Gasteiger partial charge on any atom is -0.352 e. The second-order valence-corrected chi connectivity index (χ2v) is 6.73. The van der Waals surface area contributed by atoms with Crippen molar-refractivity contribution in [2.45, 2.75) is 12.8 Å². The molecule has 1 aromatic carbocycles. The zero-order chi connectivity index (χ0) is 14.7. The maximum atomic E-state index is 11.7. The Morgan fingerprint density at radius 3 is 2.86 bits per heavy atom. The van der Waals surface area contributed by atoms with E-state index >= 15 is 0 Å². The quantitative estimate of drug-likeness (QED) is 0.802. The van der Waals surface area contributed by atoms with Crippen LogP contribution >= 0.6 is 22.9 Å². The molecule has 108 valence electrons. The number of rotatable bonds is 5. The van der Waals surface area contributed by atoms with Crippen LogP contribution in [0.4, 0.5) is 0 Å². The summed E-state index contributed by atoms with van der Waals surface area (Å²) in [6, 6.07) is 11.8. The van der Waals surface area contributed by atoms with Crippen LogP contribution in [0.3, 0.4) is 0 Å². The Balaban J connectivity index is 1.64. The van der Waals surface area contributed by atoms with Crippen LogP contribution in [0.2, 0.25) is 5.02 Å². The largest absolute Gasteiger partial charge is 0.352 e. The Morgan fingerprint density at radius 2 is 2.10 bits per heavy atom. The summed E-state index contributed by atoms with van der Waals surface area (Å²) < 4.78 is 0. The molecule has 0 atom stereocenters. The first-order valence-corrected chi connectivity index (χ1v) is 8.22. The monoisotopic (exact) mass is 317 g/mol. The average molecular weight is 318 g/mol. The molecular formula is C17H16ClNOS. The van der Waals surface area contributed by atoms with Crippen molar-refractivity contribution in [3.05, 3.63) is 52.4 Å². The highest BCUT2D eigenvalue weighted by Gasteiger charge is 2.20. The fraction of sp³-hybridized carbons (Fsp3) is 0.235. The van der Waals surface area contributed by atoms with E-state index in [1.807, 2.05) is 42.5 Å². The number of carbonyl (C=O) groups is 1. The maximum Gasteiger partial charge on any atom is 0.244 e. The van der Waals surface area contributed by atoms with Crippen LogP contribution in [-0.2, 0) is 4.79 Å². The highest BCUT2D eigenvalue weighted by molar-refractivity contribution is 7.16. The lowest BCUT2D eigenvalue weighted by Crippen LogP contribution is -2.23. The highest BCUT2D eigenvalue weighted by Crippen LogP contribution is 2.33. The topological polar surface area (TPSA) is 29.1 Å². The van der Waals surface area contributed by atoms with Gasteiger partial charge in [0, 0.05) is 33.0 Å². The Kier molecular flexibility index (Phi) is 4.42. The van der Waals surface area contributed by atoms with Gasteiger partial charge in [0.25, 0.3) is 0 Å². The van der Waals surface area contributed by atoms with E-state index in [2.05, 4.69) is 5.32 Å². The Bertz CT molecular complexity index is 673. The van der Waals surface area contributed by atoms with E-state index in [1.165, 1.54) is 12.8 Å². The van der Waals surface area contributed by atoms with Gasteiger partial charge >= 0.3 is 0 Å². The summed E-state index contributed by atoms with van der Waals surface area (Å²) in [4.78, 5) is 13.8. The molecule has 0 saturated heterocycles. The van der Waals surface area contributed by atoms with Crippen LogP contribution in [-0.4, -0.2) is 12.5 Å². The first-order valence-electron chi connectivity index (χ1n) is 7.03. The summed E-state index contributed by atoms with van der Waals surface area (Å²) in [5, 5.41) is 3.67.